The van der Waals surface area contributed by atoms with E-state index in [1.165, 1.54) is 33.6 Å². The summed E-state index contributed by atoms with van der Waals surface area (Å²) in [7, 11) is 2.23. The van der Waals surface area contributed by atoms with E-state index < -0.39 is 0 Å². The summed E-state index contributed by atoms with van der Waals surface area (Å²) in [6.07, 6.45) is 2.28. The molecule has 1 nitrogen and oxygen atoms in total. The van der Waals surface area contributed by atoms with E-state index in [2.05, 4.69) is 89.9 Å². The van der Waals surface area contributed by atoms with Gasteiger partial charge < -0.3 is 4.90 Å². The van der Waals surface area contributed by atoms with Gasteiger partial charge in [-0.05, 0) is 59.1 Å². The first-order valence-electron chi connectivity index (χ1n) is 9.88. The van der Waals surface area contributed by atoms with Crippen molar-refractivity contribution in [3.63, 3.8) is 0 Å². The molecule has 1 heteroatoms. The Bertz CT molecular complexity index is 766. The maximum atomic E-state index is 2.47. The molecule has 0 fully saturated rings. The molecule has 134 valence electrons. The Labute approximate surface area is 154 Å². The summed E-state index contributed by atoms with van der Waals surface area (Å²) in [6.45, 7) is 13.8. The summed E-state index contributed by atoms with van der Waals surface area (Å²) in [6, 6.07) is 14.3. The maximum Gasteiger partial charge on any atom is 0.0452 e. The number of hydrogen-bond donors (Lipinski definition) is 0. The Hall–Kier alpha value is -1.76. The van der Waals surface area contributed by atoms with E-state index in [0.29, 0.717) is 11.8 Å². The molecule has 0 atom stereocenters. The van der Waals surface area contributed by atoms with Crippen LogP contribution in [0.4, 0.5) is 11.4 Å². The first-order chi connectivity index (χ1) is 11.9. The molecule has 0 spiro atoms. The zero-order valence-corrected chi connectivity index (χ0v) is 17.0. The molecule has 0 saturated heterocycles. The lowest BCUT2D eigenvalue weighted by atomic mass is 9.66. The number of fused-ring (bicyclic) bond motifs is 2. The molecule has 0 unspecified atom stereocenters. The summed E-state index contributed by atoms with van der Waals surface area (Å²) in [4.78, 5) is 2.41. The van der Waals surface area contributed by atoms with E-state index in [-0.39, 0.29) is 5.41 Å². The molecule has 0 N–H and O–H groups in total. The van der Waals surface area contributed by atoms with Gasteiger partial charge in [0.15, 0.2) is 0 Å². The van der Waals surface area contributed by atoms with Gasteiger partial charge in [-0.15, -0.1) is 0 Å². The van der Waals surface area contributed by atoms with Gasteiger partial charge in [0, 0.05) is 23.8 Å². The zero-order chi connectivity index (χ0) is 18.4. The van der Waals surface area contributed by atoms with Gasteiger partial charge in [0.2, 0.25) is 0 Å². The molecule has 25 heavy (non-hydrogen) atoms. The van der Waals surface area contributed by atoms with Crippen molar-refractivity contribution in [1.82, 2.24) is 0 Å². The third-order valence-electron chi connectivity index (χ3n) is 6.34. The average Bonchev–Trinajstić information content (AvgIpc) is 2.62. The molecule has 2 aromatic carbocycles. The fourth-order valence-corrected chi connectivity index (χ4v) is 4.47. The smallest absolute Gasteiger partial charge is 0.0452 e. The molecule has 0 aliphatic carbocycles. The second-order valence-electron chi connectivity index (χ2n) is 8.21. The molecule has 1 aliphatic heterocycles. The SMILES string of the molecule is CCC1(CC)c2ccc(C(C)C)cc2N(C)c2ccc(C(C)C)cc21. The highest BCUT2D eigenvalue weighted by Gasteiger charge is 2.40. The lowest BCUT2D eigenvalue weighted by Gasteiger charge is -2.44. The summed E-state index contributed by atoms with van der Waals surface area (Å²) in [5, 5.41) is 0. The Morgan fingerprint density at radius 3 is 1.88 bits per heavy atom. The molecule has 0 aromatic heterocycles. The van der Waals surface area contributed by atoms with Crippen LogP contribution in [0.1, 0.15) is 88.5 Å². The molecular formula is C24H33N. The second-order valence-corrected chi connectivity index (χ2v) is 8.21. The highest BCUT2D eigenvalue weighted by Crippen LogP contribution is 2.52. The fraction of sp³-hybridized carbons (Fsp3) is 0.500. The van der Waals surface area contributed by atoms with Gasteiger partial charge in [-0.1, -0.05) is 65.8 Å². The Kier molecular flexibility index (Phi) is 4.70. The van der Waals surface area contributed by atoms with Crippen LogP contribution in [0.5, 0.6) is 0 Å². The van der Waals surface area contributed by atoms with E-state index in [9.17, 15) is 0 Å². The van der Waals surface area contributed by atoms with Crippen LogP contribution in [0.15, 0.2) is 36.4 Å². The largest absolute Gasteiger partial charge is 0.344 e. The Morgan fingerprint density at radius 1 is 0.760 bits per heavy atom. The molecule has 3 rings (SSSR count). The number of hydrogen-bond acceptors (Lipinski definition) is 1. The second kappa shape index (κ2) is 6.52. The minimum Gasteiger partial charge on any atom is -0.344 e. The molecule has 0 bridgehead atoms. The van der Waals surface area contributed by atoms with E-state index in [1.807, 2.05) is 0 Å². The zero-order valence-electron chi connectivity index (χ0n) is 17.0. The standard InChI is InChI=1S/C24H33N/c1-8-24(9-2)20-12-10-19(17(5)6)15-23(20)25(7)22-13-11-18(16(3)4)14-21(22)24/h10-17H,8-9H2,1-7H3. The fourth-order valence-electron chi connectivity index (χ4n) is 4.47. The van der Waals surface area contributed by atoms with Gasteiger partial charge in [0.1, 0.15) is 0 Å². The quantitative estimate of drug-likeness (QED) is 0.575. The van der Waals surface area contributed by atoms with Crippen LogP contribution in [0, 0.1) is 0 Å². The van der Waals surface area contributed by atoms with Crippen molar-refractivity contribution < 1.29 is 0 Å². The van der Waals surface area contributed by atoms with Crippen molar-refractivity contribution in [3.8, 4) is 0 Å². The van der Waals surface area contributed by atoms with Gasteiger partial charge in [-0.2, -0.15) is 0 Å². The lowest BCUT2D eigenvalue weighted by Crippen LogP contribution is -2.35. The first kappa shape index (κ1) is 18.0. The monoisotopic (exact) mass is 335 g/mol. The minimum atomic E-state index is 0.123. The molecule has 0 saturated carbocycles. The molecule has 0 amide bonds. The molecule has 2 aromatic rings. The van der Waals surface area contributed by atoms with Gasteiger partial charge in [0.05, 0.1) is 0 Å². The van der Waals surface area contributed by atoms with Gasteiger partial charge >= 0.3 is 0 Å². The first-order valence-corrected chi connectivity index (χ1v) is 9.88. The topological polar surface area (TPSA) is 3.24 Å². The van der Waals surface area contributed by atoms with Crippen LogP contribution < -0.4 is 4.90 Å². The van der Waals surface area contributed by atoms with Crippen molar-refractivity contribution in [2.24, 2.45) is 0 Å². The van der Waals surface area contributed by atoms with Crippen molar-refractivity contribution in [3.05, 3.63) is 58.7 Å². The third kappa shape index (κ3) is 2.69. The van der Waals surface area contributed by atoms with Gasteiger partial charge in [0.25, 0.3) is 0 Å². The van der Waals surface area contributed by atoms with Crippen molar-refractivity contribution in [2.45, 2.75) is 71.6 Å². The maximum absolute atomic E-state index is 2.47. The molecule has 1 aliphatic rings. The average molecular weight is 336 g/mol. The number of benzene rings is 2. The van der Waals surface area contributed by atoms with Crippen LogP contribution in [0.3, 0.4) is 0 Å². The Balaban J connectivity index is 2.29. The minimum absolute atomic E-state index is 0.123. The summed E-state index contributed by atoms with van der Waals surface area (Å²) in [5.41, 5.74) is 8.77. The number of nitrogens with zero attached hydrogens (tertiary/aromatic N) is 1. The van der Waals surface area contributed by atoms with Crippen LogP contribution in [-0.2, 0) is 5.41 Å². The summed E-state index contributed by atoms with van der Waals surface area (Å²) >= 11 is 0. The lowest BCUT2D eigenvalue weighted by molar-refractivity contribution is 0.472. The van der Waals surface area contributed by atoms with Crippen LogP contribution in [0.2, 0.25) is 0 Å². The predicted molar refractivity (Wildman–Crippen MR) is 110 cm³/mol. The Morgan fingerprint density at radius 2 is 1.32 bits per heavy atom. The summed E-state index contributed by atoms with van der Waals surface area (Å²) in [5.74, 6) is 1.12. The highest BCUT2D eigenvalue weighted by atomic mass is 15.1. The predicted octanol–water partition coefficient (Wildman–Crippen LogP) is 7.12. The third-order valence-corrected chi connectivity index (χ3v) is 6.34. The van der Waals surface area contributed by atoms with Crippen LogP contribution in [-0.4, -0.2) is 7.05 Å². The normalized spacial score (nSPS) is 15.5. The van der Waals surface area contributed by atoms with E-state index >= 15 is 0 Å². The number of rotatable bonds is 4. The van der Waals surface area contributed by atoms with Gasteiger partial charge in [-0.3, -0.25) is 0 Å². The number of anilines is 2. The molecule has 1 heterocycles. The van der Waals surface area contributed by atoms with E-state index in [4.69, 9.17) is 0 Å². The van der Waals surface area contributed by atoms with E-state index in [1.54, 1.807) is 0 Å². The molecular weight excluding hydrogens is 302 g/mol. The van der Waals surface area contributed by atoms with E-state index in [0.717, 1.165) is 12.8 Å². The highest BCUT2D eigenvalue weighted by molar-refractivity contribution is 5.78. The van der Waals surface area contributed by atoms with Crippen molar-refractivity contribution >= 4 is 11.4 Å². The van der Waals surface area contributed by atoms with Crippen LogP contribution in [0.25, 0.3) is 0 Å². The molecule has 0 radical (unpaired) electrons. The van der Waals surface area contributed by atoms with Crippen molar-refractivity contribution in [2.75, 3.05) is 11.9 Å². The summed E-state index contributed by atoms with van der Waals surface area (Å²) < 4.78 is 0. The van der Waals surface area contributed by atoms with Crippen LogP contribution >= 0.6 is 0 Å². The van der Waals surface area contributed by atoms with Crippen molar-refractivity contribution in [1.29, 1.82) is 0 Å². The van der Waals surface area contributed by atoms with Gasteiger partial charge in [-0.25, -0.2) is 0 Å².